The number of fused-ring (bicyclic) bond motifs is 1. The van der Waals surface area contributed by atoms with Crippen LogP contribution in [-0.2, 0) is 28.9 Å². The number of halogens is 2. The summed E-state index contributed by atoms with van der Waals surface area (Å²) < 4.78 is 24.6. The highest BCUT2D eigenvalue weighted by molar-refractivity contribution is 5.84. The lowest BCUT2D eigenvalue weighted by Gasteiger charge is -2.17. The number of nitrogens with one attached hydrogen (secondary N) is 1. The number of carboxylic acids is 1. The van der Waals surface area contributed by atoms with Crippen molar-refractivity contribution in [3.05, 3.63) is 34.9 Å². The van der Waals surface area contributed by atoms with Crippen LogP contribution in [0.1, 0.15) is 36.0 Å². The molecule has 1 aromatic rings. The number of aryl methyl sites for hydroxylation is 2. The van der Waals surface area contributed by atoms with Crippen molar-refractivity contribution in [3.8, 4) is 0 Å². The number of aliphatic carboxylic acids is 1. The Kier molecular flexibility index (Phi) is 5.46. The molecule has 1 aliphatic rings. The summed E-state index contributed by atoms with van der Waals surface area (Å²) >= 11 is 0. The lowest BCUT2D eigenvalue weighted by molar-refractivity contribution is -0.142. The number of alkyl halides is 2. The van der Waals surface area contributed by atoms with Crippen LogP contribution in [0, 0.1) is 0 Å². The molecule has 120 valence electrons. The molecule has 1 amide bonds. The van der Waals surface area contributed by atoms with Gasteiger partial charge in [-0.05, 0) is 42.4 Å². The van der Waals surface area contributed by atoms with E-state index in [4.69, 9.17) is 5.11 Å². The van der Waals surface area contributed by atoms with Crippen molar-refractivity contribution in [3.63, 3.8) is 0 Å². The third kappa shape index (κ3) is 4.51. The van der Waals surface area contributed by atoms with Crippen LogP contribution in [0.2, 0.25) is 0 Å². The van der Waals surface area contributed by atoms with Crippen molar-refractivity contribution in [2.45, 2.75) is 51.0 Å². The zero-order valence-electron chi connectivity index (χ0n) is 12.1. The zero-order valence-corrected chi connectivity index (χ0v) is 12.1. The minimum absolute atomic E-state index is 0.000296. The summed E-state index contributed by atoms with van der Waals surface area (Å²) in [5, 5.41) is 11.0. The lowest BCUT2D eigenvalue weighted by Crippen LogP contribution is -2.42. The first-order valence-electron chi connectivity index (χ1n) is 7.36. The average molecular weight is 311 g/mol. The molecule has 4 nitrogen and oxygen atoms in total. The van der Waals surface area contributed by atoms with Crippen LogP contribution in [-0.4, -0.2) is 29.5 Å². The van der Waals surface area contributed by atoms with Gasteiger partial charge >= 0.3 is 5.97 Å². The predicted molar refractivity (Wildman–Crippen MR) is 77.0 cm³/mol. The third-order valence-electron chi connectivity index (χ3n) is 3.82. The van der Waals surface area contributed by atoms with E-state index >= 15 is 0 Å². The van der Waals surface area contributed by atoms with Gasteiger partial charge in [-0.1, -0.05) is 18.2 Å². The van der Waals surface area contributed by atoms with E-state index in [2.05, 4.69) is 5.32 Å². The second-order valence-corrected chi connectivity index (χ2v) is 5.57. The molecular formula is C16H19F2NO3. The molecule has 0 saturated heterocycles. The molecule has 6 heteroatoms. The van der Waals surface area contributed by atoms with Crippen LogP contribution in [0.3, 0.4) is 0 Å². The molecule has 22 heavy (non-hydrogen) atoms. The Bertz CT molecular complexity index is 560. The first-order chi connectivity index (χ1) is 10.5. The fourth-order valence-corrected chi connectivity index (χ4v) is 2.73. The van der Waals surface area contributed by atoms with E-state index in [1.165, 1.54) is 17.5 Å². The highest BCUT2D eigenvalue weighted by atomic mass is 19.3. The summed E-state index contributed by atoms with van der Waals surface area (Å²) in [5.41, 5.74) is 3.29. The van der Waals surface area contributed by atoms with Gasteiger partial charge in [-0.25, -0.2) is 13.6 Å². The standard InChI is InChI=1S/C16H19F2NO3/c17-14(18)9-13(16(21)22)19-15(20)8-10-5-6-11-3-1-2-4-12(11)7-10/h5-7,13-14H,1-4,8-9H2,(H,19,20)(H,21,22). The fraction of sp³-hybridized carbons (Fsp3) is 0.500. The molecule has 0 aromatic heterocycles. The van der Waals surface area contributed by atoms with E-state index in [-0.39, 0.29) is 6.42 Å². The normalized spacial score (nSPS) is 15.2. The van der Waals surface area contributed by atoms with Gasteiger partial charge in [0.1, 0.15) is 6.04 Å². The van der Waals surface area contributed by atoms with Crippen molar-refractivity contribution in [2.75, 3.05) is 0 Å². The molecule has 1 aromatic carbocycles. The highest BCUT2D eigenvalue weighted by Crippen LogP contribution is 2.22. The first kappa shape index (κ1) is 16.4. The minimum atomic E-state index is -2.77. The Morgan fingerprint density at radius 1 is 1.18 bits per heavy atom. The van der Waals surface area contributed by atoms with Gasteiger partial charge in [-0.15, -0.1) is 0 Å². The number of carbonyl (C=O) groups is 2. The summed E-state index contributed by atoms with van der Waals surface area (Å²) in [7, 11) is 0. The number of benzene rings is 1. The quantitative estimate of drug-likeness (QED) is 0.847. The maximum absolute atomic E-state index is 12.3. The van der Waals surface area contributed by atoms with Gasteiger partial charge in [0.15, 0.2) is 0 Å². The maximum atomic E-state index is 12.3. The molecule has 0 spiro atoms. The lowest BCUT2D eigenvalue weighted by atomic mass is 9.90. The van der Waals surface area contributed by atoms with E-state index in [0.29, 0.717) is 0 Å². The highest BCUT2D eigenvalue weighted by Gasteiger charge is 2.24. The Balaban J connectivity index is 1.97. The monoisotopic (exact) mass is 311 g/mol. The molecule has 0 heterocycles. The van der Waals surface area contributed by atoms with E-state index in [0.717, 1.165) is 24.8 Å². The van der Waals surface area contributed by atoms with Crippen LogP contribution in [0.25, 0.3) is 0 Å². The summed E-state index contributed by atoms with van der Waals surface area (Å²) in [6, 6.07) is 4.24. The van der Waals surface area contributed by atoms with Gasteiger partial charge in [-0.2, -0.15) is 0 Å². The van der Waals surface area contributed by atoms with Gasteiger partial charge in [-0.3, -0.25) is 4.79 Å². The van der Waals surface area contributed by atoms with E-state index in [1.54, 1.807) is 0 Å². The molecule has 0 saturated carbocycles. The second kappa shape index (κ2) is 7.33. The minimum Gasteiger partial charge on any atom is -0.480 e. The van der Waals surface area contributed by atoms with Crippen molar-refractivity contribution in [1.29, 1.82) is 0 Å². The average Bonchev–Trinajstić information content (AvgIpc) is 2.45. The van der Waals surface area contributed by atoms with Crippen molar-refractivity contribution in [2.24, 2.45) is 0 Å². The summed E-state index contributed by atoms with van der Waals surface area (Å²) in [4.78, 5) is 22.7. The van der Waals surface area contributed by atoms with Gasteiger partial charge in [0, 0.05) is 6.42 Å². The van der Waals surface area contributed by atoms with Crippen molar-refractivity contribution in [1.82, 2.24) is 5.32 Å². The fourth-order valence-electron chi connectivity index (χ4n) is 2.73. The Hall–Kier alpha value is -1.98. The molecule has 2 N–H and O–H groups in total. The second-order valence-electron chi connectivity index (χ2n) is 5.57. The van der Waals surface area contributed by atoms with Crippen LogP contribution in [0.4, 0.5) is 8.78 Å². The maximum Gasteiger partial charge on any atom is 0.326 e. The smallest absolute Gasteiger partial charge is 0.326 e. The van der Waals surface area contributed by atoms with Crippen molar-refractivity contribution < 1.29 is 23.5 Å². The molecule has 2 rings (SSSR count). The van der Waals surface area contributed by atoms with Crippen LogP contribution in [0.15, 0.2) is 18.2 Å². The van der Waals surface area contributed by atoms with E-state index in [1.807, 2.05) is 18.2 Å². The third-order valence-corrected chi connectivity index (χ3v) is 3.82. The molecule has 0 aliphatic heterocycles. The number of carbonyl (C=O) groups excluding carboxylic acids is 1. The van der Waals surface area contributed by atoms with Crippen LogP contribution < -0.4 is 5.32 Å². The van der Waals surface area contributed by atoms with Crippen molar-refractivity contribution >= 4 is 11.9 Å². The number of rotatable bonds is 6. The SMILES string of the molecule is O=C(Cc1ccc2c(c1)CCCC2)NC(CC(F)F)C(=O)O. The Morgan fingerprint density at radius 3 is 2.50 bits per heavy atom. The van der Waals surface area contributed by atoms with Crippen LogP contribution >= 0.6 is 0 Å². The molecule has 0 radical (unpaired) electrons. The van der Waals surface area contributed by atoms with E-state index < -0.39 is 30.8 Å². The zero-order chi connectivity index (χ0) is 16.1. The predicted octanol–water partition coefficient (Wildman–Crippen LogP) is 2.33. The summed E-state index contributed by atoms with van der Waals surface area (Å²) in [6.45, 7) is 0. The molecular weight excluding hydrogens is 292 g/mol. The van der Waals surface area contributed by atoms with Gasteiger partial charge < -0.3 is 10.4 Å². The Labute approximate surface area is 127 Å². The largest absolute Gasteiger partial charge is 0.480 e. The molecule has 1 unspecified atom stereocenters. The number of amides is 1. The van der Waals surface area contributed by atoms with Gasteiger partial charge in [0.05, 0.1) is 6.42 Å². The molecule has 0 fully saturated rings. The summed E-state index contributed by atoms with van der Waals surface area (Å²) in [6.07, 6.45) is 0.653. The number of hydrogen-bond acceptors (Lipinski definition) is 2. The molecule has 0 bridgehead atoms. The van der Waals surface area contributed by atoms with E-state index in [9.17, 15) is 18.4 Å². The number of hydrogen-bond donors (Lipinski definition) is 2. The van der Waals surface area contributed by atoms with Gasteiger partial charge in [0.2, 0.25) is 12.3 Å². The summed E-state index contributed by atoms with van der Waals surface area (Å²) in [5.74, 6) is -2.00. The molecule has 1 atom stereocenters. The van der Waals surface area contributed by atoms with Gasteiger partial charge in [0.25, 0.3) is 0 Å². The number of carboxylic acid groups (broad SMARTS) is 1. The van der Waals surface area contributed by atoms with Crippen LogP contribution in [0.5, 0.6) is 0 Å². The first-order valence-corrected chi connectivity index (χ1v) is 7.36. The topological polar surface area (TPSA) is 66.4 Å². The Morgan fingerprint density at radius 2 is 1.86 bits per heavy atom. The molecule has 1 aliphatic carbocycles.